The summed E-state index contributed by atoms with van der Waals surface area (Å²) < 4.78 is 5.46. The SMILES string of the molecule is CCOc1ccc(C(C)(N)c2cccc(C)c2)cc1. The van der Waals surface area contributed by atoms with E-state index < -0.39 is 5.54 Å². The summed E-state index contributed by atoms with van der Waals surface area (Å²) >= 11 is 0. The van der Waals surface area contributed by atoms with Crippen LogP contribution in [0.3, 0.4) is 0 Å². The third kappa shape index (κ3) is 2.96. The molecule has 19 heavy (non-hydrogen) atoms. The van der Waals surface area contributed by atoms with E-state index >= 15 is 0 Å². The summed E-state index contributed by atoms with van der Waals surface area (Å²) in [4.78, 5) is 0. The summed E-state index contributed by atoms with van der Waals surface area (Å²) in [5, 5.41) is 0. The largest absolute Gasteiger partial charge is 0.494 e. The summed E-state index contributed by atoms with van der Waals surface area (Å²) in [6.07, 6.45) is 0. The van der Waals surface area contributed by atoms with Gasteiger partial charge in [-0.05, 0) is 44.0 Å². The molecule has 100 valence electrons. The predicted octanol–water partition coefficient (Wildman–Crippen LogP) is 3.62. The minimum absolute atomic E-state index is 0.489. The van der Waals surface area contributed by atoms with Crippen molar-refractivity contribution in [3.8, 4) is 5.75 Å². The van der Waals surface area contributed by atoms with Crippen molar-refractivity contribution in [1.82, 2.24) is 0 Å². The standard InChI is InChI=1S/C17H21NO/c1-4-19-16-10-8-14(9-11-16)17(3,18)15-7-5-6-13(2)12-15/h5-12H,4,18H2,1-3H3. The summed E-state index contributed by atoms with van der Waals surface area (Å²) in [5.41, 5.74) is 9.45. The van der Waals surface area contributed by atoms with E-state index in [0.717, 1.165) is 16.9 Å². The van der Waals surface area contributed by atoms with Crippen LogP contribution < -0.4 is 10.5 Å². The van der Waals surface area contributed by atoms with Crippen molar-refractivity contribution in [2.24, 2.45) is 5.73 Å². The zero-order chi connectivity index (χ0) is 13.9. The Bertz CT molecular complexity index is 543. The normalized spacial score (nSPS) is 13.9. The van der Waals surface area contributed by atoms with Crippen molar-refractivity contribution in [1.29, 1.82) is 0 Å². The van der Waals surface area contributed by atoms with Crippen molar-refractivity contribution in [2.45, 2.75) is 26.3 Å². The zero-order valence-corrected chi connectivity index (χ0v) is 11.8. The number of hydrogen-bond acceptors (Lipinski definition) is 2. The summed E-state index contributed by atoms with van der Waals surface area (Å²) in [6.45, 7) is 6.78. The lowest BCUT2D eigenvalue weighted by Gasteiger charge is -2.26. The lowest BCUT2D eigenvalue weighted by atomic mass is 9.85. The molecule has 0 radical (unpaired) electrons. The minimum Gasteiger partial charge on any atom is -0.494 e. The van der Waals surface area contributed by atoms with Gasteiger partial charge in [0.2, 0.25) is 0 Å². The number of ether oxygens (including phenoxy) is 1. The van der Waals surface area contributed by atoms with E-state index in [0.29, 0.717) is 6.61 Å². The van der Waals surface area contributed by atoms with Gasteiger partial charge in [-0.15, -0.1) is 0 Å². The highest BCUT2D eigenvalue weighted by Crippen LogP contribution is 2.28. The Balaban J connectivity index is 2.33. The Morgan fingerprint density at radius 3 is 2.32 bits per heavy atom. The van der Waals surface area contributed by atoms with Gasteiger partial charge in [-0.2, -0.15) is 0 Å². The number of nitrogens with two attached hydrogens (primary N) is 1. The van der Waals surface area contributed by atoms with Gasteiger partial charge in [0, 0.05) is 0 Å². The molecule has 2 rings (SSSR count). The van der Waals surface area contributed by atoms with Crippen LogP contribution in [0.4, 0.5) is 0 Å². The second kappa shape index (κ2) is 5.45. The molecule has 0 amide bonds. The Kier molecular flexibility index (Phi) is 3.91. The van der Waals surface area contributed by atoms with Crippen LogP contribution >= 0.6 is 0 Å². The fourth-order valence-electron chi connectivity index (χ4n) is 2.20. The molecule has 2 heteroatoms. The maximum Gasteiger partial charge on any atom is 0.119 e. The third-order valence-electron chi connectivity index (χ3n) is 3.38. The monoisotopic (exact) mass is 255 g/mol. The van der Waals surface area contributed by atoms with Crippen molar-refractivity contribution >= 4 is 0 Å². The Labute approximate surface area is 115 Å². The van der Waals surface area contributed by atoms with Gasteiger partial charge in [-0.1, -0.05) is 42.0 Å². The molecule has 0 aliphatic heterocycles. The lowest BCUT2D eigenvalue weighted by molar-refractivity contribution is 0.340. The van der Waals surface area contributed by atoms with Crippen molar-refractivity contribution in [3.63, 3.8) is 0 Å². The molecular weight excluding hydrogens is 234 g/mol. The van der Waals surface area contributed by atoms with Crippen LogP contribution in [-0.2, 0) is 5.54 Å². The van der Waals surface area contributed by atoms with E-state index in [1.165, 1.54) is 5.56 Å². The summed E-state index contributed by atoms with van der Waals surface area (Å²) in [5.74, 6) is 0.881. The second-order valence-electron chi connectivity index (χ2n) is 5.03. The second-order valence-corrected chi connectivity index (χ2v) is 5.03. The van der Waals surface area contributed by atoms with E-state index in [4.69, 9.17) is 10.5 Å². The number of benzene rings is 2. The van der Waals surface area contributed by atoms with Gasteiger partial charge >= 0.3 is 0 Å². The van der Waals surface area contributed by atoms with Gasteiger partial charge in [0.25, 0.3) is 0 Å². The highest BCUT2D eigenvalue weighted by Gasteiger charge is 2.23. The van der Waals surface area contributed by atoms with Crippen LogP contribution in [0.25, 0.3) is 0 Å². The Morgan fingerprint density at radius 2 is 1.74 bits per heavy atom. The maximum atomic E-state index is 6.51. The van der Waals surface area contributed by atoms with E-state index in [-0.39, 0.29) is 0 Å². The first-order valence-electron chi connectivity index (χ1n) is 6.63. The molecule has 0 fully saturated rings. The lowest BCUT2D eigenvalue weighted by Crippen LogP contribution is -2.34. The van der Waals surface area contributed by atoms with Crippen LogP contribution in [0.5, 0.6) is 5.75 Å². The maximum absolute atomic E-state index is 6.51. The molecule has 0 spiro atoms. The topological polar surface area (TPSA) is 35.2 Å². The van der Waals surface area contributed by atoms with Crippen LogP contribution in [-0.4, -0.2) is 6.61 Å². The van der Waals surface area contributed by atoms with Gasteiger partial charge in [-0.25, -0.2) is 0 Å². The summed E-state index contributed by atoms with van der Waals surface area (Å²) in [6, 6.07) is 16.3. The van der Waals surface area contributed by atoms with E-state index in [1.807, 2.05) is 44.2 Å². The zero-order valence-electron chi connectivity index (χ0n) is 11.8. The molecule has 2 aromatic carbocycles. The third-order valence-corrected chi connectivity index (χ3v) is 3.38. The van der Waals surface area contributed by atoms with Crippen LogP contribution in [0.1, 0.15) is 30.5 Å². The number of hydrogen-bond donors (Lipinski definition) is 1. The molecule has 0 aliphatic carbocycles. The van der Waals surface area contributed by atoms with E-state index in [9.17, 15) is 0 Å². The van der Waals surface area contributed by atoms with Gasteiger partial charge in [0.1, 0.15) is 5.75 Å². The molecule has 0 aliphatic rings. The van der Waals surface area contributed by atoms with E-state index in [2.05, 4.69) is 25.1 Å². The van der Waals surface area contributed by atoms with Crippen LogP contribution in [0, 0.1) is 6.92 Å². The Morgan fingerprint density at radius 1 is 1.05 bits per heavy atom. The Hall–Kier alpha value is -1.80. The predicted molar refractivity (Wildman–Crippen MR) is 79.4 cm³/mol. The first kappa shape index (κ1) is 13.6. The molecule has 1 atom stereocenters. The smallest absolute Gasteiger partial charge is 0.119 e. The summed E-state index contributed by atoms with van der Waals surface area (Å²) in [7, 11) is 0. The molecule has 0 heterocycles. The molecule has 0 saturated carbocycles. The highest BCUT2D eigenvalue weighted by molar-refractivity contribution is 5.40. The minimum atomic E-state index is -0.489. The molecule has 1 unspecified atom stereocenters. The van der Waals surface area contributed by atoms with Crippen molar-refractivity contribution in [2.75, 3.05) is 6.61 Å². The molecule has 2 aromatic rings. The fourth-order valence-corrected chi connectivity index (χ4v) is 2.20. The molecule has 0 aromatic heterocycles. The van der Waals surface area contributed by atoms with Gasteiger partial charge in [0.15, 0.2) is 0 Å². The molecular formula is C17H21NO. The fraction of sp³-hybridized carbons (Fsp3) is 0.294. The van der Waals surface area contributed by atoms with Gasteiger partial charge in [0.05, 0.1) is 12.1 Å². The first-order chi connectivity index (χ1) is 9.04. The average Bonchev–Trinajstić information content (AvgIpc) is 2.40. The van der Waals surface area contributed by atoms with E-state index in [1.54, 1.807) is 0 Å². The molecule has 2 nitrogen and oxygen atoms in total. The van der Waals surface area contributed by atoms with Gasteiger partial charge < -0.3 is 10.5 Å². The quantitative estimate of drug-likeness (QED) is 0.905. The van der Waals surface area contributed by atoms with Crippen molar-refractivity contribution in [3.05, 3.63) is 65.2 Å². The highest BCUT2D eigenvalue weighted by atomic mass is 16.5. The average molecular weight is 255 g/mol. The van der Waals surface area contributed by atoms with Crippen LogP contribution in [0.15, 0.2) is 48.5 Å². The van der Waals surface area contributed by atoms with Crippen molar-refractivity contribution < 1.29 is 4.74 Å². The molecule has 0 bridgehead atoms. The van der Waals surface area contributed by atoms with Crippen LogP contribution in [0.2, 0.25) is 0 Å². The number of aryl methyl sites for hydroxylation is 1. The molecule has 2 N–H and O–H groups in total. The number of rotatable bonds is 4. The first-order valence-corrected chi connectivity index (χ1v) is 6.63. The van der Waals surface area contributed by atoms with Gasteiger partial charge in [-0.3, -0.25) is 0 Å². The molecule has 0 saturated heterocycles.